The summed E-state index contributed by atoms with van der Waals surface area (Å²) in [6.07, 6.45) is 3.02. The van der Waals surface area contributed by atoms with Gasteiger partial charge >= 0.3 is 5.97 Å². The maximum absolute atomic E-state index is 12.1. The van der Waals surface area contributed by atoms with E-state index in [4.69, 9.17) is 15.2 Å². The molecular formula is C16H21NO3S. The fourth-order valence-corrected chi connectivity index (χ4v) is 4.35. The number of rotatable bonds is 3. The smallest absolute Gasteiger partial charge is 0.310 e. The molecule has 3 rings (SSSR count). The van der Waals surface area contributed by atoms with E-state index in [1.807, 2.05) is 36.0 Å². The summed E-state index contributed by atoms with van der Waals surface area (Å²) in [5.41, 5.74) is 7.24. The Hall–Kier alpha value is -1.20. The van der Waals surface area contributed by atoms with Gasteiger partial charge in [-0.3, -0.25) is 4.79 Å². The predicted octanol–water partition coefficient (Wildman–Crippen LogP) is 2.41. The van der Waals surface area contributed by atoms with Crippen LogP contribution in [-0.2, 0) is 20.7 Å². The fourth-order valence-electron chi connectivity index (χ4n) is 2.98. The molecule has 0 radical (unpaired) electrons. The Bertz CT molecular complexity index is 497. The molecule has 2 aliphatic heterocycles. The number of nitrogen functional groups attached to an aromatic ring is 1. The number of thioether (sulfide) groups is 1. The van der Waals surface area contributed by atoms with E-state index in [1.165, 1.54) is 0 Å². The van der Waals surface area contributed by atoms with Crippen LogP contribution in [0, 0.1) is 0 Å². The molecule has 2 atom stereocenters. The normalized spacial score (nSPS) is 28.7. The van der Waals surface area contributed by atoms with E-state index in [-0.39, 0.29) is 17.7 Å². The molecule has 0 bridgehead atoms. The summed E-state index contributed by atoms with van der Waals surface area (Å²) < 4.78 is 11.6. The first-order chi connectivity index (χ1) is 10.2. The van der Waals surface area contributed by atoms with Crippen LogP contribution in [0.2, 0.25) is 0 Å². The zero-order chi connectivity index (χ0) is 14.7. The van der Waals surface area contributed by atoms with Crippen LogP contribution in [0.5, 0.6) is 0 Å². The average Bonchev–Trinajstić information content (AvgIpc) is 2.89. The van der Waals surface area contributed by atoms with Crippen molar-refractivity contribution in [3.8, 4) is 0 Å². The van der Waals surface area contributed by atoms with Crippen LogP contribution in [0.1, 0.15) is 24.8 Å². The molecule has 2 fully saturated rings. The van der Waals surface area contributed by atoms with Crippen molar-refractivity contribution in [2.45, 2.75) is 37.4 Å². The number of nitrogens with two attached hydrogens (primary N) is 1. The lowest BCUT2D eigenvalue weighted by atomic mass is 9.91. The third kappa shape index (κ3) is 3.71. The number of hydrogen-bond acceptors (Lipinski definition) is 5. The van der Waals surface area contributed by atoms with E-state index < -0.39 is 0 Å². The molecule has 0 saturated carbocycles. The molecule has 2 saturated heterocycles. The van der Waals surface area contributed by atoms with E-state index in [0.29, 0.717) is 18.7 Å². The molecule has 0 aliphatic carbocycles. The third-order valence-corrected chi connectivity index (χ3v) is 5.36. The molecule has 1 aromatic rings. The zero-order valence-corrected chi connectivity index (χ0v) is 12.9. The molecule has 114 valence electrons. The van der Waals surface area contributed by atoms with Crippen molar-refractivity contribution in [3.05, 3.63) is 29.8 Å². The summed E-state index contributed by atoms with van der Waals surface area (Å²) in [7, 11) is 0. The molecule has 2 aliphatic rings. The summed E-state index contributed by atoms with van der Waals surface area (Å²) in [5.74, 6) is 2.01. The van der Waals surface area contributed by atoms with Crippen molar-refractivity contribution in [3.63, 3.8) is 0 Å². The highest BCUT2D eigenvalue weighted by Gasteiger charge is 2.41. The highest BCUT2D eigenvalue weighted by atomic mass is 32.2. The molecule has 5 heteroatoms. The number of ether oxygens (including phenoxy) is 2. The first-order valence-corrected chi connectivity index (χ1v) is 8.56. The van der Waals surface area contributed by atoms with E-state index in [9.17, 15) is 4.79 Å². The largest absolute Gasteiger partial charge is 0.462 e. The van der Waals surface area contributed by atoms with Gasteiger partial charge in [0.15, 0.2) is 0 Å². The molecule has 2 heterocycles. The number of anilines is 1. The Labute approximate surface area is 129 Å². The van der Waals surface area contributed by atoms with Crippen molar-refractivity contribution < 1.29 is 14.3 Å². The lowest BCUT2D eigenvalue weighted by Crippen LogP contribution is -2.43. The van der Waals surface area contributed by atoms with Gasteiger partial charge in [-0.2, -0.15) is 11.8 Å². The summed E-state index contributed by atoms with van der Waals surface area (Å²) in [6.45, 7) is 0.695. The van der Waals surface area contributed by atoms with Gasteiger partial charge in [-0.05, 0) is 29.9 Å². The maximum atomic E-state index is 12.1. The molecule has 4 nitrogen and oxygen atoms in total. The Morgan fingerprint density at radius 2 is 2.24 bits per heavy atom. The summed E-state index contributed by atoms with van der Waals surface area (Å²) in [5, 5.41) is 0. The van der Waals surface area contributed by atoms with Gasteiger partial charge in [0.25, 0.3) is 0 Å². The zero-order valence-electron chi connectivity index (χ0n) is 12.0. The molecule has 2 N–H and O–H groups in total. The number of carbonyl (C=O) groups excluding carboxylic acids is 1. The van der Waals surface area contributed by atoms with Gasteiger partial charge in [-0.15, -0.1) is 0 Å². The van der Waals surface area contributed by atoms with Crippen LogP contribution < -0.4 is 5.73 Å². The summed E-state index contributed by atoms with van der Waals surface area (Å²) in [4.78, 5) is 12.1. The van der Waals surface area contributed by atoms with Crippen molar-refractivity contribution in [2.24, 2.45) is 0 Å². The number of hydrogen-bond donors (Lipinski definition) is 1. The van der Waals surface area contributed by atoms with Gasteiger partial charge in [0, 0.05) is 24.3 Å². The standard InChI is InChI=1S/C16H21NO3S/c17-13-3-1-12(2-4-13)9-15(18)20-14-5-7-19-16(10-14)6-8-21-11-16/h1-4,14H,5-11,17H2. The monoisotopic (exact) mass is 307 g/mol. The fraction of sp³-hybridized carbons (Fsp3) is 0.562. The van der Waals surface area contributed by atoms with Crippen molar-refractivity contribution in [1.82, 2.24) is 0 Å². The highest BCUT2D eigenvalue weighted by molar-refractivity contribution is 7.99. The van der Waals surface area contributed by atoms with Gasteiger partial charge in [-0.25, -0.2) is 0 Å². The van der Waals surface area contributed by atoms with Crippen LogP contribution >= 0.6 is 11.8 Å². The van der Waals surface area contributed by atoms with Gasteiger partial charge in [0.2, 0.25) is 0 Å². The molecule has 1 spiro atoms. The minimum absolute atomic E-state index is 0.00117. The Morgan fingerprint density at radius 1 is 1.43 bits per heavy atom. The minimum Gasteiger partial charge on any atom is -0.462 e. The number of carbonyl (C=O) groups is 1. The van der Waals surface area contributed by atoms with Crippen LogP contribution in [-0.4, -0.2) is 35.8 Å². The first-order valence-electron chi connectivity index (χ1n) is 7.41. The summed E-state index contributed by atoms with van der Waals surface area (Å²) >= 11 is 1.93. The van der Waals surface area contributed by atoms with Gasteiger partial charge < -0.3 is 15.2 Å². The van der Waals surface area contributed by atoms with Gasteiger partial charge in [0.1, 0.15) is 6.10 Å². The second-order valence-electron chi connectivity index (χ2n) is 5.86. The highest BCUT2D eigenvalue weighted by Crippen LogP contribution is 2.39. The quantitative estimate of drug-likeness (QED) is 0.686. The number of esters is 1. The topological polar surface area (TPSA) is 61.6 Å². The van der Waals surface area contributed by atoms with Crippen LogP contribution in [0.4, 0.5) is 5.69 Å². The maximum Gasteiger partial charge on any atom is 0.310 e. The first kappa shape index (κ1) is 14.7. The lowest BCUT2D eigenvalue weighted by Gasteiger charge is -2.37. The number of benzene rings is 1. The lowest BCUT2D eigenvalue weighted by molar-refractivity contribution is -0.162. The Balaban J connectivity index is 1.53. The Kier molecular flexibility index (Phi) is 4.40. The van der Waals surface area contributed by atoms with Crippen LogP contribution in [0.25, 0.3) is 0 Å². The SMILES string of the molecule is Nc1ccc(CC(=O)OC2CCOC3(CCSC3)C2)cc1. The molecule has 21 heavy (non-hydrogen) atoms. The van der Waals surface area contributed by atoms with E-state index in [0.717, 1.165) is 36.3 Å². The summed E-state index contributed by atoms with van der Waals surface area (Å²) in [6, 6.07) is 7.36. The van der Waals surface area contributed by atoms with Gasteiger partial charge in [0.05, 0.1) is 18.6 Å². The van der Waals surface area contributed by atoms with Crippen LogP contribution in [0.3, 0.4) is 0 Å². The average molecular weight is 307 g/mol. The van der Waals surface area contributed by atoms with Gasteiger partial charge in [-0.1, -0.05) is 12.1 Å². The molecule has 1 aromatic carbocycles. The minimum atomic E-state index is -0.160. The van der Waals surface area contributed by atoms with Crippen molar-refractivity contribution in [2.75, 3.05) is 23.8 Å². The van der Waals surface area contributed by atoms with Crippen molar-refractivity contribution >= 4 is 23.4 Å². The molecular weight excluding hydrogens is 286 g/mol. The molecule has 0 amide bonds. The van der Waals surface area contributed by atoms with E-state index in [2.05, 4.69) is 0 Å². The van der Waals surface area contributed by atoms with E-state index >= 15 is 0 Å². The Morgan fingerprint density at radius 3 is 2.95 bits per heavy atom. The van der Waals surface area contributed by atoms with Crippen molar-refractivity contribution in [1.29, 1.82) is 0 Å². The molecule has 0 aromatic heterocycles. The molecule has 2 unspecified atom stereocenters. The second-order valence-corrected chi connectivity index (χ2v) is 6.96. The van der Waals surface area contributed by atoms with Crippen LogP contribution in [0.15, 0.2) is 24.3 Å². The third-order valence-electron chi connectivity index (χ3n) is 4.14. The second kappa shape index (κ2) is 6.28. The predicted molar refractivity (Wildman–Crippen MR) is 84.3 cm³/mol. The van der Waals surface area contributed by atoms with E-state index in [1.54, 1.807) is 0 Å².